The molecule has 2 aromatic carbocycles. The molecule has 0 aliphatic carbocycles. The average molecular weight is 473 g/mol. The van der Waals surface area contributed by atoms with Crippen LogP contribution in [0.3, 0.4) is 0 Å². The topological polar surface area (TPSA) is 106 Å². The summed E-state index contributed by atoms with van der Waals surface area (Å²) in [6.07, 6.45) is 3.70. The Morgan fingerprint density at radius 1 is 1.24 bits per heavy atom. The standard InChI is InChI=1S/C23H28N4O5S/c1-5-32-21-11-15(9-10-20(21)31-3)19(14-33(4,29)30)27-18-8-6-7-17(22(18)25-23(27)28)16-12-24-26(2)13-16/h6-13,19,23,25,28H,5,14H2,1-4H3. The Morgan fingerprint density at radius 2 is 2.03 bits per heavy atom. The summed E-state index contributed by atoms with van der Waals surface area (Å²) in [5.74, 6) is 0.875. The van der Waals surface area contributed by atoms with Crippen molar-refractivity contribution in [3.63, 3.8) is 0 Å². The van der Waals surface area contributed by atoms with Crippen molar-refractivity contribution in [1.82, 2.24) is 9.78 Å². The number of aliphatic hydroxyl groups excluding tert-OH is 1. The second-order valence-electron chi connectivity index (χ2n) is 7.98. The quantitative estimate of drug-likeness (QED) is 0.516. The summed E-state index contributed by atoms with van der Waals surface area (Å²) in [6.45, 7) is 2.30. The number of aromatic nitrogens is 2. The van der Waals surface area contributed by atoms with Gasteiger partial charge < -0.3 is 24.8 Å². The second kappa shape index (κ2) is 8.95. The molecule has 33 heavy (non-hydrogen) atoms. The molecule has 0 spiro atoms. The maximum atomic E-state index is 12.4. The first kappa shape index (κ1) is 22.9. The van der Waals surface area contributed by atoms with E-state index in [1.807, 2.05) is 38.4 Å². The minimum Gasteiger partial charge on any atom is -0.493 e. The molecule has 0 bridgehead atoms. The molecule has 0 amide bonds. The van der Waals surface area contributed by atoms with Gasteiger partial charge in [-0.3, -0.25) is 4.68 Å². The van der Waals surface area contributed by atoms with Crippen LogP contribution in [0.15, 0.2) is 48.8 Å². The number of ether oxygens (including phenoxy) is 2. The molecular formula is C23H28N4O5S. The summed E-state index contributed by atoms with van der Waals surface area (Å²) in [4.78, 5) is 1.69. The van der Waals surface area contributed by atoms with E-state index in [0.29, 0.717) is 29.4 Å². The van der Waals surface area contributed by atoms with E-state index in [0.717, 1.165) is 16.8 Å². The van der Waals surface area contributed by atoms with Gasteiger partial charge in [0.15, 0.2) is 11.5 Å². The molecule has 2 unspecified atom stereocenters. The predicted molar refractivity (Wildman–Crippen MR) is 127 cm³/mol. The van der Waals surface area contributed by atoms with E-state index in [-0.39, 0.29) is 5.75 Å². The third-order valence-corrected chi connectivity index (χ3v) is 6.46. The third kappa shape index (κ3) is 4.62. The van der Waals surface area contributed by atoms with Gasteiger partial charge in [-0.1, -0.05) is 18.2 Å². The number of fused-ring (bicyclic) bond motifs is 1. The van der Waals surface area contributed by atoms with Gasteiger partial charge in [0.1, 0.15) is 9.84 Å². The zero-order chi connectivity index (χ0) is 23.8. The van der Waals surface area contributed by atoms with Crippen molar-refractivity contribution in [2.24, 2.45) is 7.05 Å². The van der Waals surface area contributed by atoms with Crippen molar-refractivity contribution in [2.45, 2.75) is 19.3 Å². The fourth-order valence-corrected chi connectivity index (χ4v) is 5.10. The first-order valence-electron chi connectivity index (χ1n) is 10.5. The van der Waals surface area contributed by atoms with Gasteiger partial charge >= 0.3 is 0 Å². The van der Waals surface area contributed by atoms with E-state index >= 15 is 0 Å². The largest absolute Gasteiger partial charge is 0.493 e. The Hall–Kier alpha value is -3.24. The van der Waals surface area contributed by atoms with E-state index in [2.05, 4.69) is 10.4 Å². The fraction of sp³-hybridized carbons (Fsp3) is 0.348. The Kier molecular flexibility index (Phi) is 6.22. The monoisotopic (exact) mass is 472 g/mol. The van der Waals surface area contributed by atoms with Crippen molar-refractivity contribution in [1.29, 1.82) is 0 Å². The SMILES string of the molecule is CCOc1cc(C(CS(C)(=O)=O)N2c3cccc(-c4cnn(C)c4)c3NC2O)ccc1OC. The highest BCUT2D eigenvalue weighted by Gasteiger charge is 2.37. The summed E-state index contributed by atoms with van der Waals surface area (Å²) < 4.78 is 37.6. The number of para-hydroxylation sites is 1. The highest BCUT2D eigenvalue weighted by Crippen LogP contribution is 2.46. The van der Waals surface area contributed by atoms with Crippen LogP contribution in [0.4, 0.5) is 11.4 Å². The summed E-state index contributed by atoms with van der Waals surface area (Å²) in [6, 6.07) is 10.3. The molecule has 3 aromatic rings. The number of nitrogens with zero attached hydrogens (tertiary/aromatic N) is 3. The molecule has 0 radical (unpaired) electrons. The van der Waals surface area contributed by atoms with E-state index in [1.54, 1.807) is 41.1 Å². The molecule has 0 saturated carbocycles. The second-order valence-corrected chi connectivity index (χ2v) is 10.2. The number of benzene rings is 2. The highest BCUT2D eigenvalue weighted by molar-refractivity contribution is 7.90. The van der Waals surface area contributed by atoms with Gasteiger partial charge in [-0.25, -0.2) is 8.42 Å². The van der Waals surface area contributed by atoms with Crippen LogP contribution in [0.2, 0.25) is 0 Å². The van der Waals surface area contributed by atoms with Gasteiger partial charge in [0.05, 0.1) is 43.1 Å². The number of aryl methyl sites for hydroxylation is 1. The molecular weight excluding hydrogens is 444 g/mol. The molecule has 1 aliphatic heterocycles. The maximum absolute atomic E-state index is 12.4. The lowest BCUT2D eigenvalue weighted by atomic mass is 10.0. The minimum atomic E-state index is -3.40. The van der Waals surface area contributed by atoms with Crippen molar-refractivity contribution in [3.05, 3.63) is 54.4 Å². The van der Waals surface area contributed by atoms with Gasteiger partial charge in [-0.05, 0) is 30.7 Å². The molecule has 176 valence electrons. The molecule has 2 heterocycles. The van der Waals surface area contributed by atoms with Crippen molar-refractivity contribution in [3.8, 4) is 22.6 Å². The van der Waals surface area contributed by atoms with Gasteiger partial charge in [0.25, 0.3) is 0 Å². The Balaban J connectivity index is 1.83. The zero-order valence-corrected chi connectivity index (χ0v) is 19.8. The molecule has 2 atom stereocenters. The van der Waals surface area contributed by atoms with Gasteiger partial charge in [0, 0.05) is 30.6 Å². The number of methoxy groups -OCH3 is 1. The van der Waals surface area contributed by atoms with Crippen LogP contribution in [0.1, 0.15) is 18.5 Å². The molecule has 0 saturated heterocycles. The van der Waals surface area contributed by atoms with Crippen LogP contribution < -0.4 is 19.7 Å². The number of anilines is 2. The first-order valence-corrected chi connectivity index (χ1v) is 12.6. The van der Waals surface area contributed by atoms with E-state index in [1.165, 1.54) is 6.26 Å². The molecule has 0 fully saturated rings. The van der Waals surface area contributed by atoms with Gasteiger partial charge in [0.2, 0.25) is 6.35 Å². The minimum absolute atomic E-state index is 0.194. The summed E-state index contributed by atoms with van der Waals surface area (Å²) >= 11 is 0. The van der Waals surface area contributed by atoms with E-state index in [9.17, 15) is 13.5 Å². The summed E-state index contributed by atoms with van der Waals surface area (Å²) in [5.41, 5.74) is 3.86. The Labute approximate surface area is 193 Å². The Bertz CT molecular complexity index is 1260. The maximum Gasteiger partial charge on any atom is 0.206 e. The number of aliphatic hydroxyl groups is 1. The van der Waals surface area contributed by atoms with Crippen LogP contribution in [0, 0.1) is 0 Å². The molecule has 9 nitrogen and oxygen atoms in total. The first-order chi connectivity index (χ1) is 15.7. The van der Waals surface area contributed by atoms with Crippen LogP contribution in [-0.2, 0) is 16.9 Å². The van der Waals surface area contributed by atoms with Crippen LogP contribution in [-0.4, -0.2) is 55.4 Å². The van der Waals surface area contributed by atoms with Crippen LogP contribution in [0.5, 0.6) is 11.5 Å². The van der Waals surface area contributed by atoms with Gasteiger partial charge in [-0.2, -0.15) is 5.10 Å². The zero-order valence-electron chi connectivity index (χ0n) is 19.0. The smallest absolute Gasteiger partial charge is 0.206 e. The van der Waals surface area contributed by atoms with E-state index < -0.39 is 22.2 Å². The lowest BCUT2D eigenvalue weighted by Crippen LogP contribution is -2.41. The van der Waals surface area contributed by atoms with Gasteiger partial charge in [-0.15, -0.1) is 0 Å². The van der Waals surface area contributed by atoms with Crippen LogP contribution >= 0.6 is 0 Å². The highest BCUT2D eigenvalue weighted by atomic mass is 32.2. The number of rotatable bonds is 8. The number of sulfone groups is 1. The number of hydrogen-bond donors (Lipinski definition) is 2. The lowest BCUT2D eigenvalue weighted by molar-refractivity contribution is 0.194. The summed E-state index contributed by atoms with van der Waals surface area (Å²) in [7, 11) is -0.0128. The molecule has 2 N–H and O–H groups in total. The predicted octanol–water partition coefficient (Wildman–Crippen LogP) is 2.79. The van der Waals surface area contributed by atoms with E-state index in [4.69, 9.17) is 9.47 Å². The fourth-order valence-electron chi connectivity index (χ4n) is 4.17. The lowest BCUT2D eigenvalue weighted by Gasteiger charge is -2.32. The molecule has 1 aromatic heterocycles. The normalized spacial score (nSPS) is 16.3. The number of hydrogen-bond acceptors (Lipinski definition) is 8. The third-order valence-electron chi connectivity index (χ3n) is 5.54. The van der Waals surface area contributed by atoms with Crippen molar-refractivity contribution in [2.75, 3.05) is 35.9 Å². The molecule has 10 heteroatoms. The number of nitrogens with one attached hydrogen (secondary N) is 1. The van der Waals surface area contributed by atoms with Crippen LogP contribution in [0.25, 0.3) is 11.1 Å². The summed E-state index contributed by atoms with van der Waals surface area (Å²) in [5, 5.41) is 18.4. The van der Waals surface area contributed by atoms with Crippen molar-refractivity contribution < 1.29 is 23.0 Å². The van der Waals surface area contributed by atoms with Crippen molar-refractivity contribution >= 4 is 21.2 Å². The molecule has 1 aliphatic rings. The average Bonchev–Trinajstić information content (AvgIpc) is 3.34. The molecule has 4 rings (SSSR count). The Morgan fingerprint density at radius 3 is 2.67 bits per heavy atom.